The van der Waals surface area contributed by atoms with E-state index in [1.54, 1.807) is 52.3 Å². The Hall–Kier alpha value is -9.47. The molecule has 0 saturated heterocycles. The predicted octanol–water partition coefficient (Wildman–Crippen LogP) is 13.7. The lowest BCUT2D eigenvalue weighted by molar-refractivity contribution is 0.0494. The minimum atomic E-state index is -0.572. The lowest BCUT2D eigenvalue weighted by Gasteiger charge is -2.24. The van der Waals surface area contributed by atoms with E-state index < -0.39 is 23.7 Å². The largest absolute Gasteiger partial charge is 0.508 e. The molecule has 0 bridgehead atoms. The number of aryl methyl sites for hydroxylation is 1. The maximum Gasteiger partial charge on any atom is 0.338 e. The van der Waals surface area contributed by atoms with Crippen LogP contribution in [0.5, 0.6) is 92.0 Å². The predicted molar refractivity (Wildman–Crippen MR) is 345 cm³/mol. The lowest BCUT2D eigenvalue weighted by atomic mass is 9.83. The van der Waals surface area contributed by atoms with Gasteiger partial charge in [0, 0.05) is 33.4 Å². The average Bonchev–Trinajstić information content (AvgIpc) is 1.62. The fourth-order valence-corrected chi connectivity index (χ4v) is 9.23. The molecule has 0 radical (unpaired) electrons. The number of aromatic hydroxyl groups is 9. The maximum absolute atomic E-state index is 11.7. The third kappa shape index (κ3) is 20.3. The summed E-state index contributed by atoms with van der Waals surface area (Å²) in [6, 6.07) is 12.5. The highest BCUT2D eigenvalue weighted by Gasteiger charge is 2.26. The molecule has 9 N–H and O–H groups in total. The van der Waals surface area contributed by atoms with Gasteiger partial charge in [0.05, 0.1) is 72.1 Å². The Kier molecular flexibility index (Phi) is 29.9. The third-order valence-electron chi connectivity index (χ3n) is 13.9. The molecule has 0 spiro atoms. The molecule has 1 aliphatic heterocycles. The molecule has 22 nitrogen and oxygen atoms in total. The fraction of sp³-hybridized carbons (Fsp3) is 0.435. The van der Waals surface area contributed by atoms with Crippen molar-refractivity contribution in [3.05, 3.63) is 115 Å². The number of rotatable bonds is 14. The average molecular weight is 1280 g/mol. The van der Waals surface area contributed by atoms with Crippen LogP contribution in [-0.2, 0) is 25.0 Å². The molecule has 1 heterocycles. The Labute approximate surface area is 534 Å². The van der Waals surface area contributed by atoms with Crippen LogP contribution in [0.15, 0.2) is 48.5 Å². The van der Waals surface area contributed by atoms with Crippen LogP contribution in [0.25, 0.3) is 0 Å². The van der Waals surface area contributed by atoms with E-state index in [1.165, 1.54) is 46.5 Å². The van der Waals surface area contributed by atoms with Gasteiger partial charge in [0.1, 0.15) is 28.7 Å². The summed E-state index contributed by atoms with van der Waals surface area (Å²) >= 11 is 0. The Morgan fingerprint density at radius 3 is 1.31 bits per heavy atom. The molecule has 0 amide bonds. The molecule has 0 aromatic heterocycles. The molecule has 6 aromatic rings. The van der Waals surface area contributed by atoms with E-state index >= 15 is 0 Å². The van der Waals surface area contributed by atoms with Gasteiger partial charge in [0.25, 0.3) is 0 Å². The SMILES string of the molecule is CCCOC(=O)c1cc(O)c(O)c(OC)c1C.CCCOC(=O)c1cc(O)c(OC)c(O)c1C.CCCOC(=O)c1cc(OC)c(O)c(O)c1C.COc1ccc(O)c(C(C)(C)C)c1C.COc1ccc(O)c(C)c1C(C)(C)C.Cc1cc2c(c(C)c1O)OCO2. The summed E-state index contributed by atoms with van der Waals surface area (Å²) in [4.78, 5) is 35.0. The molecule has 7 rings (SSSR count). The van der Waals surface area contributed by atoms with E-state index in [0.717, 1.165) is 50.6 Å². The number of phenols is 9. The highest BCUT2D eigenvalue weighted by atomic mass is 16.7. The van der Waals surface area contributed by atoms with Gasteiger partial charge in [0.2, 0.25) is 24.0 Å². The Morgan fingerprint density at radius 1 is 0.407 bits per heavy atom. The van der Waals surface area contributed by atoms with E-state index in [2.05, 4.69) is 41.5 Å². The standard InChI is InChI=1S/3C12H16O5.2C12H18O2.C9H10O3/c1-4-5-17-12(15)8-6-9(13)10(14)11(16-3)7(8)2;1-4-5-17-12(15)8-6-9(16-3)11(14)10(13)7(8)2;1-4-5-17-12(15)8-6-9(13)11(16-3)10(14)7(8)2;1-8-10(14-5)7-6-9(13)11(8)12(2,3)4;1-8-9(13)6-7-10(14-5)11(8)12(2,3)4;1-5-3-7-9(12-4-11-7)6(2)8(5)10/h3*6,13-14H,4-5H2,1-3H3;2*6-7,13H,1-5H3;3,10H,4H2,1-2H3. The number of fused-ring (bicyclic) bond motifs is 1. The van der Waals surface area contributed by atoms with Gasteiger partial charge in [-0.1, -0.05) is 62.3 Å². The molecule has 0 atom stereocenters. The first kappa shape index (κ1) is 77.6. The van der Waals surface area contributed by atoms with Crippen LogP contribution in [0, 0.1) is 48.5 Å². The van der Waals surface area contributed by atoms with Crippen LogP contribution < -0.4 is 33.2 Å². The summed E-state index contributed by atoms with van der Waals surface area (Å²) in [5.74, 6) is 0.355. The van der Waals surface area contributed by atoms with Gasteiger partial charge in [-0.2, -0.15) is 0 Å². The normalized spacial score (nSPS) is 11.0. The van der Waals surface area contributed by atoms with Crippen LogP contribution in [0.1, 0.15) is 163 Å². The minimum absolute atomic E-state index is 0.0197. The zero-order chi connectivity index (χ0) is 69.6. The molecule has 0 aliphatic carbocycles. The van der Waals surface area contributed by atoms with Crippen molar-refractivity contribution in [1.29, 1.82) is 0 Å². The van der Waals surface area contributed by atoms with Crippen LogP contribution in [0.4, 0.5) is 0 Å². The van der Waals surface area contributed by atoms with Crippen molar-refractivity contribution < 1.29 is 108 Å². The summed E-state index contributed by atoms with van der Waals surface area (Å²) in [7, 11) is 7.31. The Balaban J connectivity index is 0.000000373. The van der Waals surface area contributed by atoms with Crippen LogP contribution in [0.3, 0.4) is 0 Å². The number of hydrogen-bond acceptors (Lipinski definition) is 22. The zero-order valence-electron chi connectivity index (χ0n) is 56.4. The number of hydrogen-bond donors (Lipinski definition) is 9. The quantitative estimate of drug-likeness (QED) is 0.0278. The third-order valence-corrected chi connectivity index (χ3v) is 13.9. The second kappa shape index (κ2) is 35.1. The highest BCUT2D eigenvalue weighted by Crippen LogP contribution is 2.45. The summed E-state index contributed by atoms with van der Waals surface area (Å²) in [5.41, 5.74) is 6.95. The second-order valence-corrected chi connectivity index (χ2v) is 22.7. The Bertz CT molecular complexity index is 3420. The maximum atomic E-state index is 11.7. The topological polar surface area (TPSA) is 326 Å². The van der Waals surface area contributed by atoms with Crippen molar-refractivity contribution in [2.45, 2.75) is 141 Å². The fourth-order valence-electron chi connectivity index (χ4n) is 9.23. The molecular formula is C69H94O22. The van der Waals surface area contributed by atoms with E-state index in [1.807, 2.05) is 54.5 Å². The molecule has 1 aliphatic rings. The van der Waals surface area contributed by atoms with Crippen molar-refractivity contribution in [3.63, 3.8) is 0 Å². The number of methoxy groups -OCH3 is 5. The minimum Gasteiger partial charge on any atom is -0.508 e. The monoisotopic (exact) mass is 1270 g/mol. The zero-order valence-corrected chi connectivity index (χ0v) is 56.4. The Morgan fingerprint density at radius 2 is 0.846 bits per heavy atom. The van der Waals surface area contributed by atoms with Gasteiger partial charge < -0.3 is 93.3 Å². The molecule has 0 saturated carbocycles. The first-order chi connectivity index (χ1) is 42.5. The molecule has 502 valence electrons. The molecule has 22 heteroatoms. The smallest absolute Gasteiger partial charge is 0.338 e. The van der Waals surface area contributed by atoms with Crippen molar-refractivity contribution >= 4 is 17.9 Å². The van der Waals surface area contributed by atoms with Crippen LogP contribution in [0.2, 0.25) is 0 Å². The van der Waals surface area contributed by atoms with Gasteiger partial charge in [-0.05, 0) is 144 Å². The molecule has 0 unspecified atom stereocenters. The summed E-state index contributed by atoms with van der Waals surface area (Å²) < 4.78 is 50.4. The number of carbonyl (C=O) groups excluding carboxylic acids is 3. The number of carbonyl (C=O) groups is 3. The number of ether oxygens (including phenoxy) is 10. The van der Waals surface area contributed by atoms with Gasteiger partial charge >= 0.3 is 17.9 Å². The van der Waals surface area contributed by atoms with E-state index in [-0.39, 0.29) is 85.9 Å². The van der Waals surface area contributed by atoms with E-state index in [4.69, 9.17) is 47.4 Å². The molecular weight excluding hydrogens is 1180 g/mol. The number of benzene rings is 6. The second-order valence-electron chi connectivity index (χ2n) is 22.7. The van der Waals surface area contributed by atoms with Gasteiger partial charge in [-0.3, -0.25) is 0 Å². The highest BCUT2D eigenvalue weighted by molar-refractivity contribution is 5.94. The van der Waals surface area contributed by atoms with Gasteiger partial charge in [-0.15, -0.1) is 0 Å². The molecule has 6 aromatic carbocycles. The summed E-state index contributed by atoms with van der Waals surface area (Å²) in [5, 5.41) is 86.4. The van der Waals surface area contributed by atoms with Crippen LogP contribution in [-0.4, -0.2) is 126 Å². The molecule has 91 heavy (non-hydrogen) atoms. The van der Waals surface area contributed by atoms with E-state index in [0.29, 0.717) is 73.2 Å². The number of phenolic OH excluding ortho intramolecular Hbond substituents is 9. The first-order valence-electron chi connectivity index (χ1n) is 29.2. The van der Waals surface area contributed by atoms with Gasteiger partial charge in [-0.25, -0.2) is 14.4 Å². The van der Waals surface area contributed by atoms with Crippen molar-refractivity contribution in [3.8, 4) is 92.0 Å². The van der Waals surface area contributed by atoms with Crippen molar-refractivity contribution in [2.75, 3.05) is 62.2 Å². The van der Waals surface area contributed by atoms with Crippen LogP contribution >= 0.6 is 0 Å². The summed E-state index contributed by atoms with van der Waals surface area (Å²) in [6.45, 7) is 31.6. The van der Waals surface area contributed by atoms with Crippen molar-refractivity contribution in [1.82, 2.24) is 0 Å². The van der Waals surface area contributed by atoms with E-state index in [9.17, 15) is 60.3 Å². The molecule has 0 fully saturated rings. The van der Waals surface area contributed by atoms with Gasteiger partial charge in [0.15, 0.2) is 46.0 Å². The first-order valence-corrected chi connectivity index (χ1v) is 29.2. The van der Waals surface area contributed by atoms with Crippen molar-refractivity contribution in [2.24, 2.45) is 0 Å². The number of esters is 3. The summed E-state index contributed by atoms with van der Waals surface area (Å²) in [6.07, 6.45) is 2.14. The lowest BCUT2D eigenvalue weighted by Crippen LogP contribution is -2.14.